The number of rotatable bonds is 3. The molecule has 0 aromatic heterocycles. The van der Waals surface area contributed by atoms with E-state index in [1.54, 1.807) is 12.1 Å². The molecule has 2 rings (SSSR count). The number of aliphatic carboxylic acids is 1. The smallest absolute Gasteiger partial charge is 0.332 e. The molecule has 1 aromatic carbocycles. The molecule has 0 fully saturated rings. The van der Waals surface area contributed by atoms with Crippen LogP contribution < -0.4 is 0 Å². The van der Waals surface area contributed by atoms with E-state index in [1.807, 2.05) is 0 Å². The first-order valence-corrected chi connectivity index (χ1v) is 5.78. The van der Waals surface area contributed by atoms with E-state index in [9.17, 15) is 14.4 Å². The van der Waals surface area contributed by atoms with Crippen molar-refractivity contribution in [3.63, 3.8) is 0 Å². The molecule has 18 heavy (non-hydrogen) atoms. The molecule has 0 spiro atoms. The van der Waals surface area contributed by atoms with Crippen molar-refractivity contribution in [2.24, 2.45) is 0 Å². The lowest BCUT2D eigenvalue weighted by molar-refractivity contribution is -0.132. The first kappa shape index (κ1) is 12.5. The lowest BCUT2D eigenvalue weighted by Gasteiger charge is -2.12. The minimum absolute atomic E-state index is 0.205. The number of halogens is 1. The third-order valence-electron chi connectivity index (χ3n) is 2.58. The molecule has 5 nitrogen and oxygen atoms in total. The molecule has 92 valence electrons. The average molecular weight is 310 g/mol. The number of hydrogen-bond donors (Lipinski definition) is 1. The summed E-state index contributed by atoms with van der Waals surface area (Å²) in [6.07, 6.45) is 0. The van der Waals surface area contributed by atoms with Crippen molar-refractivity contribution < 1.29 is 19.5 Å². The van der Waals surface area contributed by atoms with Crippen LogP contribution in [0, 0.1) is 0 Å². The Labute approximate surface area is 111 Å². The summed E-state index contributed by atoms with van der Waals surface area (Å²) in [6.45, 7) is 3.01. The van der Waals surface area contributed by atoms with Crippen LogP contribution in [0.2, 0.25) is 0 Å². The number of fused-ring (bicyclic) bond motifs is 1. The lowest BCUT2D eigenvalue weighted by atomic mass is 10.1. The fraction of sp³-hybridized carbons (Fsp3) is 0.0833. The molecular weight excluding hydrogens is 302 g/mol. The summed E-state index contributed by atoms with van der Waals surface area (Å²) < 4.78 is 0.682. The molecule has 1 aliphatic heterocycles. The summed E-state index contributed by atoms with van der Waals surface area (Å²) in [7, 11) is 0. The Morgan fingerprint density at radius 1 is 1.28 bits per heavy atom. The van der Waals surface area contributed by atoms with E-state index in [4.69, 9.17) is 5.11 Å². The van der Waals surface area contributed by atoms with Gasteiger partial charge in [0.1, 0.15) is 0 Å². The summed E-state index contributed by atoms with van der Waals surface area (Å²) >= 11 is 3.21. The topological polar surface area (TPSA) is 74.7 Å². The zero-order valence-electron chi connectivity index (χ0n) is 9.14. The van der Waals surface area contributed by atoms with E-state index in [-0.39, 0.29) is 23.2 Å². The molecule has 1 heterocycles. The number of amides is 2. The van der Waals surface area contributed by atoms with E-state index in [0.717, 1.165) is 4.90 Å². The largest absolute Gasteiger partial charge is 0.478 e. The number of carbonyl (C=O) groups excluding carboxylic acids is 2. The van der Waals surface area contributed by atoms with Gasteiger partial charge in [0.05, 0.1) is 17.7 Å². The maximum absolute atomic E-state index is 12.0. The van der Waals surface area contributed by atoms with Crippen molar-refractivity contribution in [2.75, 3.05) is 6.54 Å². The SMILES string of the molecule is C=C(CN1C(=O)c2ccc(Br)cc2C1=O)C(=O)O. The van der Waals surface area contributed by atoms with Crippen LogP contribution in [0.15, 0.2) is 34.8 Å². The van der Waals surface area contributed by atoms with Gasteiger partial charge >= 0.3 is 5.97 Å². The first-order valence-electron chi connectivity index (χ1n) is 4.98. The second kappa shape index (κ2) is 4.38. The highest BCUT2D eigenvalue weighted by Gasteiger charge is 2.36. The van der Waals surface area contributed by atoms with Gasteiger partial charge in [0, 0.05) is 10.0 Å². The van der Waals surface area contributed by atoms with Gasteiger partial charge in [0.2, 0.25) is 0 Å². The van der Waals surface area contributed by atoms with Gasteiger partial charge in [-0.25, -0.2) is 4.79 Å². The third kappa shape index (κ3) is 1.95. The first-order chi connectivity index (χ1) is 8.41. The molecular formula is C12H8BrNO4. The molecule has 6 heteroatoms. The second-order valence-electron chi connectivity index (χ2n) is 3.80. The number of hydrogen-bond acceptors (Lipinski definition) is 3. The normalized spacial score (nSPS) is 13.7. The monoisotopic (exact) mass is 309 g/mol. The maximum atomic E-state index is 12.0. The van der Waals surface area contributed by atoms with Crippen molar-refractivity contribution >= 4 is 33.7 Å². The second-order valence-corrected chi connectivity index (χ2v) is 4.71. The molecule has 2 amide bonds. The predicted molar refractivity (Wildman–Crippen MR) is 66.3 cm³/mol. The molecule has 0 aliphatic carbocycles. The average Bonchev–Trinajstić information content (AvgIpc) is 2.54. The van der Waals surface area contributed by atoms with Crippen molar-refractivity contribution in [3.05, 3.63) is 46.0 Å². The molecule has 1 aromatic rings. The Hall–Kier alpha value is -1.95. The summed E-state index contributed by atoms with van der Waals surface area (Å²) in [6, 6.07) is 4.72. The zero-order chi connectivity index (χ0) is 13.4. The van der Waals surface area contributed by atoms with Gasteiger partial charge in [-0.3, -0.25) is 14.5 Å². The molecule has 0 radical (unpaired) electrons. The van der Waals surface area contributed by atoms with Crippen LogP contribution in [0.1, 0.15) is 20.7 Å². The van der Waals surface area contributed by atoms with Crippen molar-refractivity contribution in [3.8, 4) is 0 Å². The highest BCUT2D eigenvalue weighted by molar-refractivity contribution is 9.10. The molecule has 0 saturated heterocycles. The van der Waals surface area contributed by atoms with Gasteiger partial charge in [-0.1, -0.05) is 22.5 Å². The molecule has 1 N–H and O–H groups in total. The van der Waals surface area contributed by atoms with Crippen LogP contribution in [-0.2, 0) is 4.79 Å². The molecule has 0 saturated carbocycles. The van der Waals surface area contributed by atoms with Crippen LogP contribution in [-0.4, -0.2) is 34.3 Å². The predicted octanol–water partition coefficient (Wildman–Crippen LogP) is 1.69. The summed E-state index contributed by atoms with van der Waals surface area (Å²) in [5.74, 6) is -2.23. The van der Waals surface area contributed by atoms with Gasteiger partial charge < -0.3 is 5.11 Å². The number of carboxylic acid groups (broad SMARTS) is 1. The summed E-state index contributed by atoms with van der Waals surface area (Å²) in [5, 5.41) is 8.72. The standard InChI is InChI=1S/C12H8BrNO4/c1-6(12(17)18)5-14-10(15)8-3-2-7(13)4-9(8)11(14)16/h2-4H,1,5H2,(H,17,18). The van der Waals surface area contributed by atoms with Crippen LogP contribution >= 0.6 is 15.9 Å². The maximum Gasteiger partial charge on any atom is 0.332 e. The fourth-order valence-corrected chi connectivity index (χ4v) is 2.03. The Kier molecular flexibility index (Phi) is 3.04. The fourth-order valence-electron chi connectivity index (χ4n) is 1.67. The van der Waals surface area contributed by atoms with Gasteiger partial charge in [-0.15, -0.1) is 0 Å². The molecule has 0 unspecified atom stereocenters. The van der Waals surface area contributed by atoms with Gasteiger partial charge in [0.25, 0.3) is 11.8 Å². The van der Waals surface area contributed by atoms with Crippen molar-refractivity contribution in [2.45, 2.75) is 0 Å². The number of carboxylic acids is 1. The van der Waals surface area contributed by atoms with E-state index >= 15 is 0 Å². The van der Waals surface area contributed by atoms with Crippen LogP contribution in [0.4, 0.5) is 0 Å². The Morgan fingerprint density at radius 2 is 1.89 bits per heavy atom. The van der Waals surface area contributed by atoms with Crippen LogP contribution in [0.3, 0.4) is 0 Å². The zero-order valence-corrected chi connectivity index (χ0v) is 10.7. The van der Waals surface area contributed by atoms with Gasteiger partial charge in [-0.05, 0) is 18.2 Å². The van der Waals surface area contributed by atoms with Crippen molar-refractivity contribution in [1.82, 2.24) is 4.90 Å². The Morgan fingerprint density at radius 3 is 2.50 bits per heavy atom. The molecule has 0 atom stereocenters. The Bertz CT molecular complexity index is 594. The highest BCUT2D eigenvalue weighted by Crippen LogP contribution is 2.26. The number of carbonyl (C=O) groups is 3. The quantitative estimate of drug-likeness (QED) is 0.681. The van der Waals surface area contributed by atoms with Crippen molar-refractivity contribution in [1.29, 1.82) is 0 Å². The molecule has 1 aliphatic rings. The number of benzene rings is 1. The van der Waals surface area contributed by atoms with Gasteiger partial charge in [-0.2, -0.15) is 0 Å². The van der Waals surface area contributed by atoms with E-state index in [2.05, 4.69) is 22.5 Å². The third-order valence-corrected chi connectivity index (χ3v) is 3.08. The van der Waals surface area contributed by atoms with E-state index in [0.29, 0.717) is 4.47 Å². The summed E-state index contributed by atoms with van der Waals surface area (Å²) in [4.78, 5) is 35.5. The molecule has 0 bridgehead atoms. The summed E-state index contributed by atoms with van der Waals surface area (Å²) in [5.41, 5.74) is 0.345. The van der Waals surface area contributed by atoms with E-state index < -0.39 is 17.8 Å². The lowest BCUT2D eigenvalue weighted by Crippen LogP contribution is -2.33. The Balaban J connectivity index is 2.34. The van der Waals surface area contributed by atoms with Crippen LogP contribution in [0.25, 0.3) is 0 Å². The number of imide groups is 1. The minimum Gasteiger partial charge on any atom is -0.478 e. The minimum atomic E-state index is -1.23. The highest BCUT2D eigenvalue weighted by atomic mass is 79.9. The van der Waals surface area contributed by atoms with Crippen LogP contribution in [0.5, 0.6) is 0 Å². The number of nitrogens with zero attached hydrogens (tertiary/aromatic N) is 1. The van der Waals surface area contributed by atoms with Gasteiger partial charge in [0.15, 0.2) is 0 Å². The van der Waals surface area contributed by atoms with E-state index in [1.165, 1.54) is 6.07 Å².